The molecule has 1 fully saturated rings. The molecule has 3 aromatic rings. The average molecular weight is 426 g/mol. The molecule has 27 heavy (non-hydrogen) atoms. The van der Waals surface area contributed by atoms with Gasteiger partial charge in [0.05, 0.1) is 24.7 Å². The molecule has 138 valence electrons. The van der Waals surface area contributed by atoms with Gasteiger partial charge in [-0.15, -0.1) is 0 Å². The van der Waals surface area contributed by atoms with Crippen LogP contribution in [0.5, 0.6) is 5.75 Å². The molecule has 0 spiro atoms. The number of nitrogens with zero attached hydrogens (tertiary/aromatic N) is 3. The van der Waals surface area contributed by atoms with Gasteiger partial charge in [-0.1, -0.05) is 34.6 Å². The van der Waals surface area contributed by atoms with Crippen LogP contribution in [0.25, 0.3) is 11.0 Å². The minimum atomic E-state index is 0.0406. The number of ether oxygens (including phenoxy) is 1. The molecule has 0 unspecified atom stereocenters. The van der Waals surface area contributed by atoms with E-state index < -0.39 is 0 Å². The molecule has 2 heterocycles. The van der Waals surface area contributed by atoms with Crippen LogP contribution in [-0.4, -0.2) is 29.1 Å². The predicted octanol–water partition coefficient (Wildman–Crippen LogP) is 4.47. The van der Waals surface area contributed by atoms with Crippen molar-refractivity contribution in [2.45, 2.75) is 18.9 Å². The maximum atomic E-state index is 12.7. The van der Waals surface area contributed by atoms with Gasteiger partial charge in [0, 0.05) is 29.1 Å². The Kier molecular flexibility index (Phi) is 4.74. The summed E-state index contributed by atoms with van der Waals surface area (Å²) in [5.74, 6) is 1.86. The first-order chi connectivity index (χ1) is 13.1. The maximum absolute atomic E-state index is 12.7. The first kappa shape index (κ1) is 17.8. The molecule has 0 radical (unpaired) electrons. The predicted molar refractivity (Wildman–Crippen MR) is 111 cm³/mol. The first-order valence-corrected chi connectivity index (χ1v) is 9.59. The number of amides is 1. The number of hydrogen-bond acceptors (Lipinski definition) is 3. The van der Waals surface area contributed by atoms with E-state index in [9.17, 15) is 4.79 Å². The lowest BCUT2D eigenvalue weighted by atomic mass is 10.1. The number of carbonyl (C=O) groups excluding carboxylic acids is 1. The molecule has 1 aliphatic rings. The van der Waals surface area contributed by atoms with Crippen LogP contribution < -0.4 is 9.64 Å². The zero-order valence-corrected chi connectivity index (χ0v) is 16.6. The largest absolute Gasteiger partial charge is 0.497 e. The van der Waals surface area contributed by atoms with Crippen molar-refractivity contribution in [3.63, 3.8) is 0 Å². The maximum Gasteiger partial charge on any atom is 0.227 e. The summed E-state index contributed by atoms with van der Waals surface area (Å²) in [4.78, 5) is 19.4. The summed E-state index contributed by atoms with van der Waals surface area (Å²) < 4.78 is 8.24. The Bertz CT molecular complexity index is 1010. The number of para-hydroxylation sites is 2. The van der Waals surface area contributed by atoms with Crippen molar-refractivity contribution in [3.05, 3.63) is 65.4 Å². The topological polar surface area (TPSA) is 47.4 Å². The molecule has 4 rings (SSSR count). The molecule has 0 N–H and O–H groups in total. The van der Waals surface area contributed by atoms with Gasteiger partial charge in [-0.3, -0.25) is 4.79 Å². The molecule has 5 nitrogen and oxygen atoms in total. The van der Waals surface area contributed by atoms with Crippen molar-refractivity contribution in [1.82, 2.24) is 9.55 Å². The number of carbonyl (C=O) groups is 1. The van der Waals surface area contributed by atoms with E-state index in [4.69, 9.17) is 9.72 Å². The van der Waals surface area contributed by atoms with E-state index in [1.807, 2.05) is 47.4 Å². The summed E-state index contributed by atoms with van der Waals surface area (Å²) in [6.07, 6.45) is 0.449. The number of imidazole rings is 1. The van der Waals surface area contributed by atoms with Gasteiger partial charge in [-0.2, -0.15) is 0 Å². The van der Waals surface area contributed by atoms with E-state index in [0.29, 0.717) is 19.5 Å². The highest BCUT2D eigenvalue weighted by Crippen LogP contribution is 2.34. The Hall–Kier alpha value is -2.60. The van der Waals surface area contributed by atoms with E-state index in [2.05, 4.69) is 33.1 Å². The van der Waals surface area contributed by atoms with Crippen molar-refractivity contribution in [2.75, 3.05) is 18.6 Å². The van der Waals surface area contributed by atoms with Crippen LogP contribution in [0.15, 0.2) is 59.6 Å². The zero-order valence-electron chi connectivity index (χ0n) is 15.1. The minimum absolute atomic E-state index is 0.0406. The SMILES string of the molecule is C=C(Br)Cn1c([C@H]2CC(=O)N(c3ccc(OC)cc3)C2)nc2ccccc21. The Morgan fingerprint density at radius 2 is 2.00 bits per heavy atom. The normalized spacial score (nSPS) is 16.9. The molecule has 1 atom stereocenters. The highest BCUT2D eigenvalue weighted by atomic mass is 79.9. The number of rotatable bonds is 5. The third-order valence-electron chi connectivity index (χ3n) is 4.89. The summed E-state index contributed by atoms with van der Waals surface area (Å²) in [5.41, 5.74) is 2.89. The average Bonchev–Trinajstić information content (AvgIpc) is 3.22. The van der Waals surface area contributed by atoms with Gasteiger partial charge in [0.2, 0.25) is 5.91 Å². The zero-order chi connectivity index (χ0) is 19.0. The quantitative estimate of drug-likeness (QED) is 0.605. The second-order valence-corrected chi connectivity index (χ2v) is 7.79. The summed E-state index contributed by atoms with van der Waals surface area (Å²) in [6, 6.07) is 15.6. The number of fused-ring (bicyclic) bond motifs is 1. The molecular formula is C21H20BrN3O2. The first-order valence-electron chi connectivity index (χ1n) is 8.79. The van der Waals surface area contributed by atoms with Crippen molar-refractivity contribution in [3.8, 4) is 5.75 Å². The fraction of sp³-hybridized carbons (Fsp3) is 0.238. The third-order valence-corrected chi connectivity index (χ3v) is 5.14. The summed E-state index contributed by atoms with van der Waals surface area (Å²) in [5, 5.41) is 0. The Morgan fingerprint density at radius 3 is 2.70 bits per heavy atom. The van der Waals surface area contributed by atoms with Crippen LogP contribution in [0, 0.1) is 0 Å². The second-order valence-electron chi connectivity index (χ2n) is 6.67. The van der Waals surface area contributed by atoms with Crippen LogP contribution >= 0.6 is 15.9 Å². The summed E-state index contributed by atoms with van der Waals surface area (Å²) in [7, 11) is 1.63. The summed E-state index contributed by atoms with van der Waals surface area (Å²) in [6.45, 7) is 5.22. The lowest BCUT2D eigenvalue weighted by Crippen LogP contribution is -2.24. The van der Waals surface area contributed by atoms with E-state index in [1.165, 1.54) is 0 Å². The van der Waals surface area contributed by atoms with E-state index in [1.54, 1.807) is 7.11 Å². The van der Waals surface area contributed by atoms with Crippen LogP contribution in [0.1, 0.15) is 18.2 Å². The van der Waals surface area contributed by atoms with Gasteiger partial charge in [0.1, 0.15) is 11.6 Å². The Labute approximate surface area is 166 Å². The third kappa shape index (κ3) is 3.37. The van der Waals surface area contributed by atoms with Gasteiger partial charge in [0.25, 0.3) is 0 Å². The smallest absolute Gasteiger partial charge is 0.227 e. The van der Waals surface area contributed by atoms with Gasteiger partial charge in [0.15, 0.2) is 0 Å². The number of allylic oxidation sites excluding steroid dienone is 1. The second kappa shape index (κ2) is 7.19. The molecule has 1 saturated heterocycles. The standard InChI is InChI=1S/C21H20BrN3O2/c1-14(22)12-25-19-6-4-3-5-18(19)23-21(25)15-11-20(26)24(13-15)16-7-9-17(27-2)10-8-16/h3-10,15H,1,11-13H2,2H3/t15-/m0/s1. The highest BCUT2D eigenvalue weighted by Gasteiger charge is 2.34. The van der Waals surface area contributed by atoms with Gasteiger partial charge < -0.3 is 14.2 Å². The molecule has 1 amide bonds. The van der Waals surface area contributed by atoms with Crippen molar-refractivity contribution < 1.29 is 9.53 Å². The van der Waals surface area contributed by atoms with E-state index in [-0.39, 0.29) is 11.8 Å². The van der Waals surface area contributed by atoms with Crippen LogP contribution in [0.2, 0.25) is 0 Å². The molecule has 6 heteroatoms. The Balaban J connectivity index is 1.68. The lowest BCUT2D eigenvalue weighted by molar-refractivity contribution is -0.117. The number of aromatic nitrogens is 2. The fourth-order valence-electron chi connectivity index (χ4n) is 3.64. The molecule has 0 aliphatic carbocycles. The monoisotopic (exact) mass is 425 g/mol. The van der Waals surface area contributed by atoms with Gasteiger partial charge >= 0.3 is 0 Å². The van der Waals surface area contributed by atoms with Crippen molar-refractivity contribution in [1.29, 1.82) is 0 Å². The highest BCUT2D eigenvalue weighted by molar-refractivity contribution is 9.11. The fourth-order valence-corrected chi connectivity index (χ4v) is 3.89. The Morgan fingerprint density at radius 1 is 1.26 bits per heavy atom. The molecule has 0 saturated carbocycles. The number of benzene rings is 2. The van der Waals surface area contributed by atoms with Gasteiger partial charge in [-0.05, 0) is 36.4 Å². The van der Waals surface area contributed by atoms with Crippen LogP contribution in [-0.2, 0) is 11.3 Å². The number of halogens is 1. The minimum Gasteiger partial charge on any atom is -0.497 e. The number of anilines is 1. The van der Waals surface area contributed by atoms with Crippen molar-refractivity contribution in [2.24, 2.45) is 0 Å². The van der Waals surface area contributed by atoms with Crippen LogP contribution in [0.3, 0.4) is 0 Å². The molecular weight excluding hydrogens is 406 g/mol. The van der Waals surface area contributed by atoms with Crippen molar-refractivity contribution >= 4 is 38.6 Å². The molecule has 1 aliphatic heterocycles. The summed E-state index contributed by atoms with van der Waals surface area (Å²) >= 11 is 3.47. The van der Waals surface area contributed by atoms with E-state index >= 15 is 0 Å². The number of hydrogen-bond donors (Lipinski definition) is 0. The van der Waals surface area contributed by atoms with E-state index in [0.717, 1.165) is 32.8 Å². The molecule has 1 aromatic heterocycles. The molecule has 2 aromatic carbocycles. The number of methoxy groups -OCH3 is 1. The lowest BCUT2D eigenvalue weighted by Gasteiger charge is -2.17. The molecule has 0 bridgehead atoms. The van der Waals surface area contributed by atoms with Crippen LogP contribution in [0.4, 0.5) is 5.69 Å². The van der Waals surface area contributed by atoms with Gasteiger partial charge in [-0.25, -0.2) is 4.98 Å².